The second-order valence-corrected chi connectivity index (χ2v) is 9.54. The first-order chi connectivity index (χ1) is 14.5. The number of ether oxygens (including phenoxy) is 1. The molecule has 0 aliphatic carbocycles. The maximum Gasteiger partial charge on any atom is 0.227 e. The summed E-state index contributed by atoms with van der Waals surface area (Å²) in [5.74, 6) is 0.711. The van der Waals surface area contributed by atoms with Crippen molar-refractivity contribution in [1.82, 2.24) is 9.88 Å². The summed E-state index contributed by atoms with van der Waals surface area (Å²) in [5, 5.41) is 5.62. The van der Waals surface area contributed by atoms with Crippen LogP contribution in [0.15, 0.2) is 69.6 Å². The molecule has 0 bridgehead atoms. The summed E-state index contributed by atoms with van der Waals surface area (Å²) in [7, 11) is 1.65. The van der Waals surface area contributed by atoms with E-state index in [1.807, 2.05) is 24.3 Å². The van der Waals surface area contributed by atoms with Crippen molar-refractivity contribution in [3.8, 4) is 5.75 Å². The Morgan fingerprint density at radius 3 is 2.30 bits per heavy atom. The van der Waals surface area contributed by atoms with Gasteiger partial charge < -0.3 is 14.6 Å². The molecule has 1 saturated heterocycles. The lowest BCUT2D eigenvalue weighted by Crippen LogP contribution is -2.29. The Labute approximate surface area is 191 Å². The van der Waals surface area contributed by atoms with Gasteiger partial charge >= 0.3 is 0 Å². The van der Waals surface area contributed by atoms with Gasteiger partial charge in [-0.3, -0.25) is 4.79 Å². The fraction of sp³-hybridized carbons (Fsp3) is 0.208. The van der Waals surface area contributed by atoms with Crippen LogP contribution in [0.25, 0.3) is 21.8 Å². The molecule has 4 nitrogen and oxygen atoms in total. The zero-order valence-corrected chi connectivity index (χ0v) is 19.5. The van der Waals surface area contributed by atoms with Gasteiger partial charge in [0.25, 0.3) is 0 Å². The summed E-state index contributed by atoms with van der Waals surface area (Å²) in [6, 6.07) is 20.6. The molecule has 1 aromatic heterocycles. The van der Waals surface area contributed by atoms with Gasteiger partial charge in [0.05, 0.1) is 13.0 Å². The predicted octanol–water partition coefficient (Wildman–Crippen LogP) is 6.00. The highest BCUT2D eigenvalue weighted by Gasteiger charge is 2.33. The molecule has 1 aliphatic rings. The number of benzene rings is 3. The van der Waals surface area contributed by atoms with E-state index in [1.54, 1.807) is 7.11 Å². The van der Waals surface area contributed by atoms with Crippen molar-refractivity contribution < 1.29 is 9.53 Å². The third kappa shape index (κ3) is 3.42. The Kier molecular flexibility index (Phi) is 5.07. The lowest BCUT2D eigenvalue weighted by molar-refractivity contribution is -0.120. The van der Waals surface area contributed by atoms with Crippen molar-refractivity contribution in [3.05, 3.63) is 75.2 Å². The third-order valence-corrected chi connectivity index (χ3v) is 6.86. The summed E-state index contributed by atoms with van der Waals surface area (Å²) in [4.78, 5) is 12.8. The van der Waals surface area contributed by atoms with Crippen LogP contribution in [0.2, 0.25) is 0 Å². The number of carbonyl (C=O) groups is 1. The molecular weight excluding hydrogens is 508 g/mol. The molecule has 0 spiro atoms. The number of hydrogen-bond acceptors (Lipinski definition) is 2. The van der Waals surface area contributed by atoms with E-state index in [0.29, 0.717) is 0 Å². The minimum absolute atomic E-state index is 0.0693. The summed E-state index contributed by atoms with van der Waals surface area (Å²) >= 11 is 7.20. The number of carbonyl (C=O) groups excluding carboxylic acids is 1. The number of methoxy groups -OCH3 is 1. The molecule has 6 heteroatoms. The quantitative estimate of drug-likeness (QED) is 0.353. The highest BCUT2D eigenvalue weighted by Crippen LogP contribution is 2.35. The molecule has 1 fully saturated rings. The van der Waals surface area contributed by atoms with E-state index in [-0.39, 0.29) is 17.9 Å². The number of nitrogens with one attached hydrogen (secondary N) is 1. The zero-order chi connectivity index (χ0) is 20.8. The molecular formula is C24H20Br2N2O2. The van der Waals surface area contributed by atoms with E-state index in [1.165, 1.54) is 21.8 Å². The van der Waals surface area contributed by atoms with Gasteiger partial charge in [-0.1, -0.05) is 44.0 Å². The fourth-order valence-electron chi connectivity index (χ4n) is 4.48. The standard InChI is InChI=1S/C24H20Br2N2O2/c1-30-18-4-2-3-14(9-18)19-12-17(27-24(19)29)13-28-22-7-5-15(25)10-20(22)21-11-16(26)6-8-23(21)28/h2-11,17,19H,12-13H2,1H3,(H,27,29). The van der Waals surface area contributed by atoms with Gasteiger partial charge in [0.1, 0.15) is 5.75 Å². The minimum atomic E-state index is -0.151. The van der Waals surface area contributed by atoms with Crippen LogP contribution in [0, 0.1) is 0 Å². The number of hydrogen-bond donors (Lipinski definition) is 1. The van der Waals surface area contributed by atoms with E-state index in [0.717, 1.165) is 33.2 Å². The second kappa shape index (κ2) is 7.75. The number of aromatic nitrogens is 1. The Bertz CT molecular complexity index is 1220. The summed E-state index contributed by atoms with van der Waals surface area (Å²) in [6.07, 6.45) is 0.764. The Balaban J connectivity index is 1.50. The second-order valence-electron chi connectivity index (χ2n) is 7.70. The van der Waals surface area contributed by atoms with Crippen molar-refractivity contribution in [2.75, 3.05) is 7.11 Å². The lowest BCUT2D eigenvalue weighted by Gasteiger charge is -2.14. The molecule has 0 saturated carbocycles. The molecule has 3 aromatic carbocycles. The molecule has 1 aliphatic heterocycles. The highest BCUT2D eigenvalue weighted by molar-refractivity contribution is 9.10. The van der Waals surface area contributed by atoms with Crippen LogP contribution in [0.1, 0.15) is 17.9 Å². The van der Waals surface area contributed by atoms with Gasteiger partial charge in [0.2, 0.25) is 5.91 Å². The number of fused-ring (bicyclic) bond motifs is 3. The fourth-order valence-corrected chi connectivity index (χ4v) is 5.21. The van der Waals surface area contributed by atoms with E-state index < -0.39 is 0 Å². The van der Waals surface area contributed by atoms with E-state index in [2.05, 4.69) is 78.1 Å². The first kappa shape index (κ1) is 19.6. The van der Waals surface area contributed by atoms with Crippen molar-refractivity contribution in [2.45, 2.75) is 24.9 Å². The van der Waals surface area contributed by atoms with Crippen LogP contribution in [-0.2, 0) is 11.3 Å². The highest BCUT2D eigenvalue weighted by atomic mass is 79.9. The molecule has 152 valence electrons. The van der Waals surface area contributed by atoms with Crippen molar-refractivity contribution in [1.29, 1.82) is 0 Å². The predicted molar refractivity (Wildman–Crippen MR) is 127 cm³/mol. The summed E-state index contributed by atoms with van der Waals surface area (Å²) in [5.41, 5.74) is 3.35. The van der Waals surface area contributed by atoms with Crippen molar-refractivity contribution in [2.24, 2.45) is 0 Å². The van der Waals surface area contributed by atoms with E-state index >= 15 is 0 Å². The zero-order valence-electron chi connectivity index (χ0n) is 16.4. The molecule has 5 rings (SSSR count). The van der Waals surface area contributed by atoms with Gasteiger partial charge in [0, 0.05) is 43.3 Å². The molecule has 2 heterocycles. The van der Waals surface area contributed by atoms with Crippen LogP contribution in [0.3, 0.4) is 0 Å². The molecule has 1 N–H and O–H groups in total. The normalized spacial score (nSPS) is 18.8. The van der Waals surface area contributed by atoms with Crippen LogP contribution in [-0.4, -0.2) is 23.6 Å². The largest absolute Gasteiger partial charge is 0.497 e. The molecule has 4 aromatic rings. The monoisotopic (exact) mass is 526 g/mol. The minimum Gasteiger partial charge on any atom is -0.497 e. The first-order valence-corrected chi connectivity index (χ1v) is 11.4. The SMILES string of the molecule is COc1cccc(C2CC(Cn3c4ccc(Br)cc4c4cc(Br)ccc43)NC2=O)c1. The van der Waals surface area contributed by atoms with E-state index in [4.69, 9.17) is 4.74 Å². The Morgan fingerprint density at radius 2 is 1.67 bits per heavy atom. The van der Waals surface area contributed by atoms with Crippen LogP contribution in [0.5, 0.6) is 5.75 Å². The molecule has 30 heavy (non-hydrogen) atoms. The van der Waals surface area contributed by atoms with Crippen LogP contribution in [0.4, 0.5) is 0 Å². The molecule has 2 unspecified atom stereocenters. The third-order valence-electron chi connectivity index (χ3n) is 5.87. The topological polar surface area (TPSA) is 43.3 Å². The van der Waals surface area contributed by atoms with E-state index in [9.17, 15) is 4.79 Å². The number of halogens is 2. The van der Waals surface area contributed by atoms with Crippen molar-refractivity contribution >= 4 is 59.6 Å². The summed E-state index contributed by atoms with van der Waals surface area (Å²) in [6.45, 7) is 0.732. The average molecular weight is 528 g/mol. The van der Waals surface area contributed by atoms with Crippen molar-refractivity contribution in [3.63, 3.8) is 0 Å². The van der Waals surface area contributed by atoms with Gasteiger partial charge in [-0.05, 0) is 60.5 Å². The van der Waals surface area contributed by atoms with Crippen LogP contribution < -0.4 is 10.1 Å². The lowest BCUT2D eigenvalue weighted by atomic mass is 9.95. The van der Waals surface area contributed by atoms with Gasteiger partial charge in [-0.2, -0.15) is 0 Å². The number of amides is 1. The van der Waals surface area contributed by atoms with Gasteiger partial charge in [0.15, 0.2) is 0 Å². The summed E-state index contributed by atoms with van der Waals surface area (Å²) < 4.78 is 9.77. The number of rotatable bonds is 4. The molecule has 0 radical (unpaired) electrons. The van der Waals surface area contributed by atoms with Gasteiger partial charge in [-0.15, -0.1) is 0 Å². The van der Waals surface area contributed by atoms with Gasteiger partial charge in [-0.25, -0.2) is 0 Å². The molecule has 2 atom stereocenters. The Morgan fingerprint density at radius 1 is 1.00 bits per heavy atom. The Hall–Kier alpha value is -2.31. The van der Waals surface area contributed by atoms with Crippen LogP contribution >= 0.6 is 31.9 Å². The average Bonchev–Trinajstić information content (AvgIpc) is 3.25. The maximum atomic E-state index is 12.8. The number of nitrogens with zero attached hydrogens (tertiary/aromatic N) is 1. The first-order valence-electron chi connectivity index (χ1n) is 9.85. The smallest absolute Gasteiger partial charge is 0.227 e. The molecule has 1 amide bonds. The maximum absolute atomic E-state index is 12.8.